The lowest BCUT2D eigenvalue weighted by Gasteiger charge is -1.98. The van der Waals surface area contributed by atoms with Crippen molar-refractivity contribution in [3.8, 4) is 11.8 Å². The molecule has 56 valence electrons. The first-order valence-electron chi connectivity index (χ1n) is 3.06. The minimum absolute atomic E-state index is 0.0825. The molecule has 0 aliphatic carbocycles. The molecule has 0 bridgehead atoms. The molecular weight excluding hydrogens is 162 g/mol. The van der Waals surface area contributed by atoms with Gasteiger partial charge in [-0.3, -0.25) is 0 Å². The van der Waals surface area contributed by atoms with Gasteiger partial charge in [-0.1, -0.05) is 6.07 Å². The molecule has 1 aromatic carbocycles. The molecule has 11 heavy (non-hydrogen) atoms. The van der Waals surface area contributed by atoms with Crippen molar-refractivity contribution in [1.29, 1.82) is 5.26 Å². The van der Waals surface area contributed by atoms with Gasteiger partial charge in [0.15, 0.2) is 0 Å². The Bertz CT molecular complexity index is 303. The molecular formula is C8H6ClNO. The molecule has 0 radical (unpaired) electrons. The van der Waals surface area contributed by atoms with Gasteiger partial charge in [0.1, 0.15) is 5.75 Å². The van der Waals surface area contributed by atoms with Gasteiger partial charge < -0.3 is 5.11 Å². The van der Waals surface area contributed by atoms with Crippen LogP contribution in [0.1, 0.15) is 11.1 Å². The minimum Gasteiger partial charge on any atom is -0.508 e. The Morgan fingerprint density at radius 1 is 1.55 bits per heavy atom. The van der Waals surface area contributed by atoms with Crippen LogP contribution in [-0.4, -0.2) is 5.11 Å². The van der Waals surface area contributed by atoms with Crippen molar-refractivity contribution in [1.82, 2.24) is 0 Å². The van der Waals surface area contributed by atoms with Crippen molar-refractivity contribution in [2.24, 2.45) is 0 Å². The number of phenols is 1. The summed E-state index contributed by atoms with van der Waals surface area (Å²) in [5.74, 6) is 0.344. The van der Waals surface area contributed by atoms with Crippen LogP contribution in [0.25, 0.3) is 0 Å². The van der Waals surface area contributed by atoms with E-state index in [1.54, 1.807) is 12.1 Å². The second-order valence-corrected chi connectivity index (χ2v) is 2.36. The van der Waals surface area contributed by atoms with E-state index in [2.05, 4.69) is 0 Å². The van der Waals surface area contributed by atoms with Crippen molar-refractivity contribution < 1.29 is 5.11 Å². The van der Waals surface area contributed by atoms with Gasteiger partial charge in [-0.05, 0) is 12.1 Å². The number of phenolic OH excluding ortho intramolecular Hbond substituents is 1. The highest BCUT2D eigenvalue weighted by Crippen LogP contribution is 2.19. The zero-order valence-corrected chi connectivity index (χ0v) is 6.47. The fraction of sp³-hybridized carbons (Fsp3) is 0.125. The summed E-state index contributed by atoms with van der Waals surface area (Å²) in [5, 5.41) is 17.6. The Kier molecular flexibility index (Phi) is 2.35. The molecule has 0 fully saturated rings. The normalized spacial score (nSPS) is 9.09. The van der Waals surface area contributed by atoms with Gasteiger partial charge in [-0.25, -0.2) is 0 Å². The molecule has 0 saturated heterocycles. The number of alkyl halides is 1. The number of aromatic hydroxyl groups is 1. The third-order valence-corrected chi connectivity index (χ3v) is 1.65. The highest BCUT2D eigenvalue weighted by molar-refractivity contribution is 6.17. The Labute approximate surface area is 69.7 Å². The molecule has 3 heteroatoms. The zero-order valence-electron chi connectivity index (χ0n) is 5.71. The fourth-order valence-electron chi connectivity index (χ4n) is 0.746. The van der Waals surface area contributed by atoms with E-state index in [0.29, 0.717) is 11.1 Å². The van der Waals surface area contributed by atoms with E-state index in [0.717, 1.165) is 0 Å². The van der Waals surface area contributed by atoms with E-state index in [-0.39, 0.29) is 11.6 Å². The summed E-state index contributed by atoms with van der Waals surface area (Å²) in [6.07, 6.45) is 0. The number of hydrogen-bond acceptors (Lipinski definition) is 2. The van der Waals surface area contributed by atoms with Crippen LogP contribution in [0.4, 0.5) is 0 Å². The van der Waals surface area contributed by atoms with Crippen LogP contribution >= 0.6 is 11.6 Å². The van der Waals surface area contributed by atoms with Crippen molar-refractivity contribution in [2.75, 3.05) is 0 Å². The van der Waals surface area contributed by atoms with Crippen LogP contribution in [0.2, 0.25) is 0 Å². The van der Waals surface area contributed by atoms with E-state index >= 15 is 0 Å². The molecule has 1 aromatic rings. The highest BCUT2D eigenvalue weighted by atomic mass is 35.5. The van der Waals surface area contributed by atoms with E-state index in [9.17, 15) is 5.11 Å². The van der Waals surface area contributed by atoms with Crippen molar-refractivity contribution in [3.05, 3.63) is 29.3 Å². The second kappa shape index (κ2) is 3.27. The minimum atomic E-state index is 0.0825. The summed E-state index contributed by atoms with van der Waals surface area (Å²) >= 11 is 5.48. The van der Waals surface area contributed by atoms with Crippen molar-refractivity contribution >= 4 is 11.6 Å². The number of benzene rings is 1. The smallest absolute Gasteiger partial charge is 0.121 e. The average molecular weight is 168 g/mol. The number of nitriles is 1. The summed E-state index contributed by atoms with van der Waals surface area (Å²) in [5.41, 5.74) is 1.09. The van der Waals surface area contributed by atoms with Gasteiger partial charge in [0.25, 0.3) is 0 Å². The lowest BCUT2D eigenvalue weighted by atomic mass is 10.1. The van der Waals surface area contributed by atoms with Crippen molar-refractivity contribution in [3.63, 3.8) is 0 Å². The van der Waals surface area contributed by atoms with Crippen LogP contribution in [0.5, 0.6) is 5.75 Å². The predicted molar refractivity (Wildman–Crippen MR) is 42.4 cm³/mol. The van der Waals surface area contributed by atoms with Crippen LogP contribution in [0, 0.1) is 11.3 Å². The molecule has 0 aliphatic heterocycles. The Balaban J connectivity index is 3.12. The predicted octanol–water partition coefficient (Wildman–Crippen LogP) is 2.00. The Hall–Kier alpha value is -1.20. The maximum Gasteiger partial charge on any atom is 0.121 e. The first-order valence-corrected chi connectivity index (χ1v) is 3.59. The van der Waals surface area contributed by atoms with Crippen LogP contribution < -0.4 is 0 Å². The topological polar surface area (TPSA) is 44.0 Å². The molecule has 0 aliphatic rings. The molecule has 0 heterocycles. The van der Waals surface area contributed by atoms with Crippen LogP contribution in [0.15, 0.2) is 18.2 Å². The lowest BCUT2D eigenvalue weighted by Crippen LogP contribution is -1.80. The molecule has 1 N–H and O–H groups in total. The maximum atomic E-state index is 9.19. The van der Waals surface area contributed by atoms with Gasteiger partial charge in [-0.2, -0.15) is 5.26 Å². The second-order valence-electron chi connectivity index (χ2n) is 2.09. The van der Waals surface area contributed by atoms with E-state index in [4.69, 9.17) is 16.9 Å². The fourth-order valence-corrected chi connectivity index (χ4v) is 0.972. The number of rotatable bonds is 1. The van der Waals surface area contributed by atoms with Crippen LogP contribution in [-0.2, 0) is 5.88 Å². The highest BCUT2D eigenvalue weighted by Gasteiger charge is 1.99. The van der Waals surface area contributed by atoms with Crippen LogP contribution in [0.3, 0.4) is 0 Å². The largest absolute Gasteiger partial charge is 0.508 e. The summed E-state index contributed by atoms with van der Waals surface area (Å²) < 4.78 is 0. The van der Waals surface area contributed by atoms with Gasteiger partial charge in [0, 0.05) is 5.56 Å². The zero-order chi connectivity index (χ0) is 8.27. The number of nitrogens with zero attached hydrogens (tertiary/aromatic N) is 1. The van der Waals surface area contributed by atoms with Gasteiger partial charge >= 0.3 is 0 Å². The summed E-state index contributed by atoms with van der Waals surface area (Å²) in [6.45, 7) is 0. The molecule has 0 amide bonds. The van der Waals surface area contributed by atoms with Gasteiger partial charge in [0.05, 0.1) is 17.5 Å². The molecule has 0 atom stereocenters. The van der Waals surface area contributed by atoms with Crippen molar-refractivity contribution in [2.45, 2.75) is 5.88 Å². The average Bonchev–Trinajstić information content (AvgIpc) is 2.04. The summed E-state index contributed by atoms with van der Waals surface area (Å²) in [6, 6.07) is 6.58. The standard InChI is InChI=1S/C8H6ClNO/c9-4-7-2-1-6(5-10)3-8(7)11/h1-3,11H,4H2. The molecule has 0 spiro atoms. The molecule has 2 nitrogen and oxygen atoms in total. The first-order chi connectivity index (χ1) is 5.27. The third-order valence-electron chi connectivity index (χ3n) is 1.36. The number of hydrogen-bond donors (Lipinski definition) is 1. The lowest BCUT2D eigenvalue weighted by molar-refractivity contribution is 0.470. The molecule has 0 aromatic heterocycles. The maximum absolute atomic E-state index is 9.19. The third kappa shape index (κ3) is 1.63. The van der Waals surface area contributed by atoms with E-state index in [1.807, 2.05) is 6.07 Å². The summed E-state index contributed by atoms with van der Waals surface area (Å²) in [7, 11) is 0. The SMILES string of the molecule is N#Cc1ccc(CCl)c(O)c1. The molecule has 1 rings (SSSR count). The van der Waals surface area contributed by atoms with E-state index < -0.39 is 0 Å². The summed E-state index contributed by atoms with van der Waals surface area (Å²) in [4.78, 5) is 0. The Morgan fingerprint density at radius 3 is 2.73 bits per heavy atom. The molecule has 0 unspecified atom stereocenters. The monoisotopic (exact) mass is 167 g/mol. The van der Waals surface area contributed by atoms with E-state index in [1.165, 1.54) is 6.07 Å². The van der Waals surface area contributed by atoms with Gasteiger partial charge in [-0.15, -0.1) is 11.6 Å². The molecule has 0 saturated carbocycles. The quantitative estimate of drug-likeness (QED) is 0.651. The number of halogens is 1. The first kappa shape index (κ1) is 7.90. The Morgan fingerprint density at radius 2 is 2.27 bits per heavy atom. The van der Waals surface area contributed by atoms with Gasteiger partial charge in [0.2, 0.25) is 0 Å².